The molecule has 1 fully saturated rings. The minimum absolute atomic E-state index is 0.0816. The van der Waals surface area contributed by atoms with Crippen LogP contribution in [0, 0.1) is 6.92 Å². The molecule has 39 heavy (non-hydrogen) atoms. The monoisotopic (exact) mass is 562 g/mol. The van der Waals surface area contributed by atoms with Gasteiger partial charge in [-0.1, -0.05) is 0 Å². The van der Waals surface area contributed by atoms with Crippen molar-refractivity contribution in [1.82, 2.24) is 30.6 Å². The number of nitrogens with one attached hydrogen (secondary N) is 1. The molecule has 3 amide bonds. The molecule has 13 nitrogen and oxygen atoms in total. The third-order valence-electron chi connectivity index (χ3n) is 5.55. The highest BCUT2D eigenvalue weighted by molar-refractivity contribution is 8.00. The van der Waals surface area contributed by atoms with Crippen molar-refractivity contribution >= 4 is 29.5 Å². The normalized spacial score (nSPS) is 15.1. The minimum Gasteiger partial charge on any atom is -0.491 e. The number of carbonyl (C=O) groups excluding carboxylic acids is 3. The number of imide groups is 1. The second-order valence-electron chi connectivity index (χ2n) is 8.39. The van der Waals surface area contributed by atoms with Crippen LogP contribution in [-0.2, 0) is 28.6 Å². The number of hydrogen-bond donors (Lipinski definition) is 1. The van der Waals surface area contributed by atoms with Crippen LogP contribution in [0.25, 0.3) is 11.4 Å². The van der Waals surface area contributed by atoms with Gasteiger partial charge in [-0.25, -0.2) is 0 Å². The maximum atomic E-state index is 12.0. The van der Waals surface area contributed by atoms with Gasteiger partial charge < -0.3 is 24.3 Å². The van der Waals surface area contributed by atoms with E-state index in [9.17, 15) is 14.4 Å². The maximum absolute atomic E-state index is 12.0. The van der Waals surface area contributed by atoms with E-state index in [1.54, 1.807) is 13.2 Å². The van der Waals surface area contributed by atoms with Crippen LogP contribution in [0.1, 0.15) is 18.7 Å². The van der Waals surface area contributed by atoms with Gasteiger partial charge in [0.1, 0.15) is 12.4 Å². The number of aryl methyl sites for hydroxylation is 1. The average Bonchev–Trinajstić information content (AvgIpc) is 3.22. The van der Waals surface area contributed by atoms with E-state index in [0.717, 1.165) is 5.56 Å². The second-order valence-corrected chi connectivity index (χ2v) is 9.43. The summed E-state index contributed by atoms with van der Waals surface area (Å²) in [6, 6.07) is 7.34. The van der Waals surface area contributed by atoms with E-state index in [2.05, 4.69) is 25.7 Å². The Labute approximate surface area is 231 Å². The van der Waals surface area contributed by atoms with Crippen molar-refractivity contribution in [2.24, 2.45) is 0 Å². The predicted molar refractivity (Wildman–Crippen MR) is 142 cm³/mol. The Balaban J connectivity index is 1.10. The van der Waals surface area contributed by atoms with Crippen LogP contribution >= 0.6 is 11.8 Å². The molecule has 0 saturated carbocycles. The molecule has 0 spiro atoms. The molecule has 0 aliphatic carbocycles. The van der Waals surface area contributed by atoms with Crippen molar-refractivity contribution in [2.45, 2.75) is 25.0 Å². The van der Waals surface area contributed by atoms with Gasteiger partial charge >= 0.3 is 0 Å². The van der Waals surface area contributed by atoms with E-state index in [0.29, 0.717) is 70.2 Å². The first-order valence-corrected chi connectivity index (χ1v) is 13.9. The van der Waals surface area contributed by atoms with Crippen LogP contribution < -0.4 is 10.1 Å². The van der Waals surface area contributed by atoms with Crippen LogP contribution in [0.5, 0.6) is 5.75 Å². The van der Waals surface area contributed by atoms with Gasteiger partial charge in [0, 0.05) is 31.5 Å². The van der Waals surface area contributed by atoms with Crippen LogP contribution in [0.3, 0.4) is 0 Å². The summed E-state index contributed by atoms with van der Waals surface area (Å²) in [4.78, 5) is 37.0. The number of aromatic nitrogens is 4. The van der Waals surface area contributed by atoms with Crippen LogP contribution in [0.2, 0.25) is 0 Å². The molecule has 0 radical (unpaired) electrons. The molecular formula is C25H34N6O7S. The van der Waals surface area contributed by atoms with Crippen LogP contribution in [0.4, 0.5) is 0 Å². The first-order valence-electron chi connectivity index (χ1n) is 12.6. The highest BCUT2D eigenvalue weighted by atomic mass is 32.2. The Morgan fingerprint density at radius 3 is 2.18 bits per heavy atom. The maximum Gasteiger partial charge on any atom is 0.242 e. The number of thioether (sulfide) groups is 1. The number of likely N-dealkylation sites (tertiary alicyclic amines) is 1. The number of hydrogen-bond acceptors (Lipinski definition) is 12. The summed E-state index contributed by atoms with van der Waals surface area (Å²) in [6.07, 6.45) is 2.08. The smallest absolute Gasteiger partial charge is 0.242 e. The van der Waals surface area contributed by atoms with Gasteiger partial charge in [-0.3, -0.25) is 19.3 Å². The summed E-state index contributed by atoms with van der Waals surface area (Å²) in [5, 5.41) is 18.2. The number of carbonyl (C=O) groups is 3. The standard InChI is InChI=1S/C25H34N6O7S/c1-18-27-29-24(30-28-18)19-3-5-20(6-4-19)38-16-15-37-14-13-36-12-11-35-10-8-26-22(32)7-9-31-23(33)17-21(39-2)25(31)34/h3-6,21H,7-17H2,1-2H3,(H,26,32). The fourth-order valence-corrected chi connectivity index (χ4v) is 4.13. The molecule has 3 rings (SSSR count). The number of ether oxygens (including phenoxy) is 4. The fraction of sp³-hybridized carbons (Fsp3) is 0.560. The average molecular weight is 563 g/mol. The van der Waals surface area contributed by atoms with Crippen molar-refractivity contribution in [2.75, 3.05) is 65.6 Å². The highest BCUT2D eigenvalue weighted by Crippen LogP contribution is 2.23. The molecule has 1 N–H and O–H groups in total. The lowest BCUT2D eigenvalue weighted by atomic mass is 10.2. The first kappa shape index (κ1) is 30.3. The third kappa shape index (κ3) is 10.5. The van der Waals surface area contributed by atoms with E-state index in [4.69, 9.17) is 18.9 Å². The van der Waals surface area contributed by atoms with E-state index >= 15 is 0 Å². The molecule has 1 aliphatic heterocycles. The Kier molecular flexibility index (Phi) is 13.0. The number of amides is 3. The summed E-state index contributed by atoms with van der Waals surface area (Å²) >= 11 is 1.35. The van der Waals surface area contributed by atoms with Crippen molar-refractivity contribution in [3.05, 3.63) is 30.1 Å². The van der Waals surface area contributed by atoms with Crippen molar-refractivity contribution in [1.29, 1.82) is 0 Å². The third-order valence-corrected chi connectivity index (χ3v) is 6.49. The fourth-order valence-electron chi connectivity index (χ4n) is 3.49. The molecule has 1 aliphatic rings. The topological polar surface area (TPSA) is 155 Å². The predicted octanol–water partition coefficient (Wildman–Crippen LogP) is 0.667. The first-order chi connectivity index (χ1) is 19.0. The molecule has 1 saturated heterocycles. The van der Waals surface area contributed by atoms with Crippen LogP contribution in [0.15, 0.2) is 24.3 Å². The lowest BCUT2D eigenvalue weighted by Crippen LogP contribution is -2.36. The van der Waals surface area contributed by atoms with Gasteiger partial charge in [0.05, 0.1) is 44.9 Å². The zero-order valence-corrected chi connectivity index (χ0v) is 23.0. The van der Waals surface area contributed by atoms with Gasteiger partial charge in [-0.15, -0.1) is 20.4 Å². The molecule has 2 heterocycles. The van der Waals surface area contributed by atoms with Crippen LogP contribution in [-0.4, -0.2) is 114 Å². The van der Waals surface area contributed by atoms with Gasteiger partial charge in [0.15, 0.2) is 5.82 Å². The van der Waals surface area contributed by atoms with Gasteiger partial charge in [-0.2, -0.15) is 11.8 Å². The van der Waals surface area contributed by atoms with E-state index < -0.39 is 0 Å². The number of nitrogens with zero attached hydrogens (tertiary/aromatic N) is 5. The number of rotatable bonds is 18. The summed E-state index contributed by atoms with van der Waals surface area (Å²) in [5.74, 6) is 1.03. The van der Waals surface area contributed by atoms with E-state index in [1.165, 1.54) is 16.7 Å². The zero-order chi connectivity index (χ0) is 27.9. The SMILES string of the molecule is CSC1CC(=O)N(CCC(=O)NCCOCCOCCOCCOc2ccc(-c3nnc(C)nn3)cc2)C1=O. The molecule has 1 unspecified atom stereocenters. The minimum atomic E-state index is -0.330. The van der Waals surface area contributed by atoms with Gasteiger partial charge in [0.25, 0.3) is 0 Å². The summed E-state index contributed by atoms with van der Waals surface area (Å²) in [6.45, 7) is 5.01. The summed E-state index contributed by atoms with van der Waals surface area (Å²) in [7, 11) is 0. The van der Waals surface area contributed by atoms with Gasteiger partial charge in [0.2, 0.25) is 23.5 Å². The quantitative estimate of drug-likeness (QED) is 0.200. The van der Waals surface area contributed by atoms with Crippen molar-refractivity contribution in [3.63, 3.8) is 0 Å². The molecule has 212 valence electrons. The Bertz CT molecular complexity index is 1060. The number of benzene rings is 1. The molecule has 14 heteroatoms. The lowest BCUT2D eigenvalue weighted by molar-refractivity contribution is -0.138. The Morgan fingerprint density at radius 1 is 0.949 bits per heavy atom. The zero-order valence-electron chi connectivity index (χ0n) is 22.2. The molecule has 2 aromatic rings. The summed E-state index contributed by atoms with van der Waals surface area (Å²) in [5.41, 5.74) is 0.805. The van der Waals surface area contributed by atoms with Crippen molar-refractivity contribution in [3.8, 4) is 17.1 Å². The molecule has 1 aromatic carbocycles. The molecule has 1 atom stereocenters. The van der Waals surface area contributed by atoms with Crippen molar-refractivity contribution < 1.29 is 33.3 Å². The second kappa shape index (κ2) is 16.7. The Hall–Kier alpha value is -3.20. The molecule has 0 bridgehead atoms. The van der Waals surface area contributed by atoms with Gasteiger partial charge in [-0.05, 0) is 37.4 Å². The van der Waals surface area contributed by atoms with E-state index in [-0.39, 0.29) is 42.4 Å². The molecule has 1 aromatic heterocycles. The Morgan fingerprint density at radius 2 is 1.56 bits per heavy atom. The summed E-state index contributed by atoms with van der Waals surface area (Å²) < 4.78 is 22.0. The van der Waals surface area contributed by atoms with E-state index in [1.807, 2.05) is 24.3 Å². The highest BCUT2D eigenvalue weighted by Gasteiger charge is 2.37. The lowest BCUT2D eigenvalue weighted by Gasteiger charge is -2.14. The molecular weight excluding hydrogens is 528 g/mol. The largest absolute Gasteiger partial charge is 0.491 e.